The van der Waals surface area contributed by atoms with Gasteiger partial charge in [-0.2, -0.15) is 0 Å². The third-order valence-electron chi connectivity index (χ3n) is 6.41. The predicted octanol–water partition coefficient (Wildman–Crippen LogP) is 4.77. The molecule has 3 aromatic carbocycles. The molecule has 0 bridgehead atoms. The molecule has 0 heterocycles. The number of hydrogen-bond acceptors (Lipinski definition) is 7. The van der Waals surface area contributed by atoms with Crippen LogP contribution in [-0.4, -0.2) is 65.6 Å². The average molecular weight is 639 g/mol. The van der Waals surface area contributed by atoms with Crippen LogP contribution in [-0.2, 0) is 26.2 Å². The van der Waals surface area contributed by atoms with E-state index < -0.39 is 34.4 Å². The molecule has 0 spiro atoms. The number of nitrogens with one attached hydrogen (secondary N) is 1. The summed E-state index contributed by atoms with van der Waals surface area (Å²) in [7, 11) is -0.0496. The van der Waals surface area contributed by atoms with Gasteiger partial charge < -0.3 is 24.4 Å². The Hall–Kier alpha value is -3.67. The molecule has 0 saturated heterocycles. The number of amides is 2. The summed E-state index contributed by atoms with van der Waals surface area (Å²) >= 11 is 12.2. The second-order valence-electron chi connectivity index (χ2n) is 9.02. The van der Waals surface area contributed by atoms with Crippen molar-refractivity contribution < 1.29 is 32.2 Å². The van der Waals surface area contributed by atoms with E-state index in [0.29, 0.717) is 28.7 Å². The standard InChI is InChI=1S/C29H33Cl2N3O7S/c1-6-41-22-10-8-21(9-11-22)34(42(37,38)23-12-14-26(39-4)27(16-23)40-5)18-28(35)33(19(2)29(36)32-3)17-20-7-13-24(30)25(31)15-20/h7-16,19H,6,17-18H2,1-5H3,(H,32,36)/t19-/m1/s1. The summed E-state index contributed by atoms with van der Waals surface area (Å²) < 4.78 is 45.2. The number of anilines is 1. The van der Waals surface area contributed by atoms with Crippen molar-refractivity contribution in [1.82, 2.24) is 10.2 Å². The van der Waals surface area contributed by atoms with Gasteiger partial charge in [0.2, 0.25) is 11.8 Å². The quantitative estimate of drug-likeness (QED) is 0.287. The fourth-order valence-corrected chi connectivity index (χ4v) is 5.89. The van der Waals surface area contributed by atoms with Gasteiger partial charge in [-0.3, -0.25) is 13.9 Å². The molecular weight excluding hydrogens is 605 g/mol. The first-order chi connectivity index (χ1) is 20.0. The number of benzene rings is 3. The number of nitrogens with zero attached hydrogens (tertiary/aromatic N) is 2. The highest BCUT2D eigenvalue weighted by atomic mass is 35.5. The number of methoxy groups -OCH3 is 2. The normalized spacial score (nSPS) is 11.8. The summed E-state index contributed by atoms with van der Waals surface area (Å²) in [5, 5.41) is 3.15. The first kappa shape index (κ1) is 32.8. The van der Waals surface area contributed by atoms with Gasteiger partial charge in [-0.05, 0) is 67.9 Å². The molecule has 0 unspecified atom stereocenters. The molecule has 0 radical (unpaired) electrons. The summed E-state index contributed by atoms with van der Waals surface area (Å²) in [6, 6.07) is 14.4. The second kappa shape index (κ2) is 14.5. The van der Waals surface area contributed by atoms with Gasteiger partial charge in [0, 0.05) is 19.7 Å². The van der Waals surface area contributed by atoms with Gasteiger partial charge in [0.1, 0.15) is 18.3 Å². The van der Waals surface area contributed by atoms with Crippen molar-refractivity contribution in [2.45, 2.75) is 31.3 Å². The molecule has 0 aliphatic carbocycles. The highest BCUT2D eigenvalue weighted by Gasteiger charge is 2.33. The maximum Gasteiger partial charge on any atom is 0.264 e. The van der Waals surface area contributed by atoms with Crippen LogP contribution >= 0.6 is 23.2 Å². The van der Waals surface area contributed by atoms with E-state index in [-0.39, 0.29) is 27.9 Å². The zero-order valence-electron chi connectivity index (χ0n) is 23.9. The van der Waals surface area contributed by atoms with Crippen LogP contribution in [0, 0.1) is 0 Å². The molecule has 2 amide bonds. The molecule has 42 heavy (non-hydrogen) atoms. The Morgan fingerprint density at radius 2 is 1.60 bits per heavy atom. The fraction of sp³-hybridized carbons (Fsp3) is 0.310. The van der Waals surface area contributed by atoms with Gasteiger partial charge in [0.05, 0.1) is 41.5 Å². The first-order valence-electron chi connectivity index (χ1n) is 12.9. The Bertz CT molecular complexity index is 1520. The lowest BCUT2D eigenvalue weighted by Crippen LogP contribution is -2.50. The SMILES string of the molecule is CCOc1ccc(N(CC(=O)N(Cc2ccc(Cl)c(Cl)c2)[C@H](C)C(=O)NC)S(=O)(=O)c2ccc(OC)c(OC)c2)cc1. The van der Waals surface area contributed by atoms with E-state index in [0.717, 1.165) is 4.31 Å². The zero-order chi connectivity index (χ0) is 31.0. The highest BCUT2D eigenvalue weighted by molar-refractivity contribution is 7.92. The molecule has 0 aliphatic heterocycles. The monoisotopic (exact) mass is 637 g/mol. The lowest BCUT2D eigenvalue weighted by atomic mass is 10.1. The molecule has 1 N–H and O–H groups in total. The van der Waals surface area contributed by atoms with Crippen molar-refractivity contribution in [3.05, 3.63) is 76.3 Å². The molecule has 0 saturated carbocycles. The molecule has 3 rings (SSSR count). The minimum absolute atomic E-state index is 0.0299. The van der Waals surface area contributed by atoms with Crippen LogP contribution in [0.2, 0.25) is 10.0 Å². The molecule has 10 nitrogen and oxygen atoms in total. The summed E-state index contributed by atoms with van der Waals surface area (Å²) in [5.74, 6) is 0.0118. The number of hydrogen-bond donors (Lipinski definition) is 1. The molecule has 13 heteroatoms. The maximum atomic E-state index is 14.1. The number of likely N-dealkylation sites (N-methyl/N-ethyl adjacent to an activating group) is 1. The van der Waals surface area contributed by atoms with E-state index in [1.165, 1.54) is 44.4 Å². The molecule has 0 aromatic heterocycles. The molecule has 3 aromatic rings. The Morgan fingerprint density at radius 1 is 0.929 bits per heavy atom. The molecule has 0 fully saturated rings. The van der Waals surface area contributed by atoms with Crippen LogP contribution in [0.5, 0.6) is 17.2 Å². The minimum Gasteiger partial charge on any atom is -0.494 e. The molecule has 226 valence electrons. The van der Waals surface area contributed by atoms with Crippen molar-refractivity contribution in [3.8, 4) is 17.2 Å². The largest absolute Gasteiger partial charge is 0.494 e. The van der Waals surface area contributed by atoms with Gasteiger partial charge in [-0.1, -0.05) is 29.3 Å². The molecule has 1 atom stereocenters. The van der Waals surface area contributed by atoms with Crippen LogP contribution < -0.4 is 23.8 Å². The lowest BCUT2D eigenvalue weighted by Gasteiger charge is -2.32. The Balaban J connectivity index is 2.09. The summed E-state index contributed by atoms with van der Waals surface area (Å²) in [5.41, 5.74) is 0.813. The van der Waals surface area contributed by atoms with E-state index in [9.17, 15) is 18.0 Å². The Labute approximate surface area is 256 Å². The van der Waals surface area contributed by atoms with Crippen LogP contribution in [0.25, 0.3) is 0 Å². The second-order valence-corrected chi connectivity index (χ2v) is 11.7. The van der Waals surface area contributed by atoms with Crippen molar-refractivity contribution in [2.24, 2.45) is 0 Å². The number of rotatable bonds is 13. The van der Waals surface area contributed by atoms with E-state index in [1.54, 1.807) is 49.4 Å². The van der Waals surface area contributed by atoms with Crippen molar-refractivity contribution >= 4 is 50.7 Å². The number of carbonyl (C=O) groups excluding carboxylic acids is 2. The molecular formula is C29H33Cl2N3O7S. The Kier molecular flexibility index (Phi) is 11.3. The van der Waals surface area contributed by atoms with Gasteiger partial charge in [-0.25, -0.2) is 8.42 Å². The van der Waals surface area contributed by atoms with Crippen LogP contribution in [0.3, 0.4) is 0 Å². The number of carbonyl (C=O) groups is 2. The summed E-state index contributed by atoms with van der Waals surface area (Å²) in [6.07, 6.45) is 0. The number of ether oxygens (including phenoxy) is 3. The smallest absolute Gasteiger partial charge is 0.264 e. The number of halogens is 2. The van der Waals surface area contributed by atoms with Crippen molar-refractivity contribution in [3.63, 3.8) is 0 Å². The summed E-state index contributed by atoms with van der Waals surface area (Å²) in [4.78, 5) is 27.7. The van der Waals surface area contributed by atoms with E-state index in [4.69, 9.17) is 37.4 Å². The van der Waals surface area contributed by atoms with E-state index >= 15 is 0 Å². The predicted molar refractivity (Wildman–Crippen MR) is 162 cm³/mol. The van der Waals surface area contributed by atoms with E-state index in [2.05, 4.69) is 5.32 Å². The van der Waals surface area contributed by atoms with E-state index in [1.807, 2.05) is 6.92 Å². The third-order valence-corrected chi connectivity index (χ3v) is 8.92. The fourth-order valence-electron chi connectivity index (χ4n) is 4.13. The minimum atomic E-state index is -4.33. The van der Waals surface area contributed by atoms with Gasteiger partial charge >= 0.3 is 0 Å². The zero-order valence-corrected chi connectivity index (χ0v) is 26.2. The topological polar surface area (TPSA) is 114 Å². The Morgan fingerprint density at radius 3 is 2.17 bits per heavy atom. The molecule has 0 aliphatic rings. The van der Waals surface area contributed by atoms with Gasteiger partial charge in [-0.15, -0.1) is 0 Å². The summed E-state index contributed by atoms with van der Waals surface area (Å²) in [6.45, 7) is 3.16. The highest BCUT2D eigenvalue weighted by Crippen LogP contribution is 2.33. The third kappa shape index (κ3) is 7.58. The van der Waals surface area contributed by atoms with Crippen LogP contribution in [0.1, 0.15) is 19.4 Å². The first-order valence-corrected chi connectivity index (χ1v) is 15.1. The number of sulfonamides is 1. The van der Waals surface area contributed by atoms with Crippen LogP contribution in [0.4, 0.5) is 5.69 Å². The van der Waals surface area contributed by atoms with Crippen LogP contribution in [0.15, 0.2) is 65.6 Å². The average Bonchev–Trinajstić information content (AvgIpc) is 2.99. The maximum absolute atomic E-state index is 14.1. The van der Waals surface area contributed by atoms with Gasteiger partial charge in [0.15, 0.2) is 11.5 Å². The van der Waals surface area contributed by atoms with Crippen molar-refractivity contribution in [1.29, 1.82) is 0 Å². The lowest BCUT2D eigenvalue weighted by molar-refractivity contribution is -0.139. The van der Waals surface area contributed by atoms with Crippen molar-refractivity contribution in [2.75, 3.05) is 38.7 Å². The van der Waals surface area contributed by atoms with Gasteiger partial charge in [0.25, 0.3) is 10.0 Å².